The molecule has 0 saturated carbocycles. The van der Waals surface area contributed by atoms with Crippen LogP contribution >= 0.6 is 0 Å². The summed E-state index contributed by atoms with van der Waals surface area (Å²) in [6.45, 7) is 1.67. The second-order valence-electron chi connectivity index (χ2n) is 4.28. The Morgan fingerprint density at radius 2 is 1.83 bits per heavy atom. The number of hydrogen-bond acceptors (Lipinski definition) is 4. The lowest BCUT2D eigenvalue weighted by Crippen LogP contribution is -2.42. The number of hydrogen-bond donors (Lipinski definition) is 2. The molecule has 1 aromatic carbocycles. The highest BCUT2D eigenvalue weighted by Gasteiger charge is 2.21. The van der Waals surface area contributed by atoms with Crippen LogP contribution in [0.4, 0.5) is 0 Å². The van der Waals surface area contributed by atoms with Crippen molar-refractivity contribution in [3.8, 4) is 6.07 Å². The first kappa shape index (κ1) is 13.0. The highest BCUT2D eigenvalue weighted by atomic mass is 32.2. The van der Waals surface area contributed by atoms with E-state index in [2.05, 4.69) is 10.0 Å². The van der Waals surface area contributed by atoms with Crippen LogP contribution in [0.1, 0.15) is 18.4 Å². The van der Waals surface area contributed by atoms with Gasteiger partial charge >= 0.3 is 0 Å². The zero-order chi connectivity index (χ0) is 13.0. The molecule has 1 saturated heterocycles. The molecule has 96 valence electrons. The van der Waals surface area contributed by atoms with Gasteiger partial charge in [-0.05, 0) is 50.2 Å². The summed E-state index contributed by atoms with van der Waals surface area (Å²) in [7, 11) is -3.47. The summed E-state index contributed by atoms with van der Waals surface area (Å²) in [6, 6.07) is 7.90. The van der Waals surface area contributed by atoms with E-state index in [1.54, 1.807) is 0 Å². The van der Waals surface area contributed by atoms with Crippen molar-refractivity contribution in [1.29, 1.82) is 5.26 Å². The molecule has 0 unspecified atom stereocenters. The minimum Gasteiger partial charge on any atom is -0.317 e. The first-order chi connectivity index (χ1) is 8.62. The number of rotatable bonds is 3. The van der Waals surface area contributed by atoms with Gasteiger partial charge in [0.1, 0.15) is 0 Å². The maximum absolute atomic E-state index is 12.1. The molecule has 0 amide bonds. The zero-order valence-corrected chi connectivity index (χ0v) is 10.7. The van der Waals surface area contributed by atoms with E-state index in [4.69, 9.17) is 5.26 Å². The first-order valence-electron chi connectivity index (χ1n) is 5.85. The molecule has 6 heteroatoms. The Hall–Kier alpha value is -1.42. The molecular weight excluding hydrogens is 250 g/mol. The van der Waals surface area contributed by atoms with Gasteiger partial charge < -0.3 is 5.32 Å². The number of piperidine rings is 1. The van der Waals surface area contributed by atoms with Crippen LogP contribution < -0.4 is 10.0 Å². The molecule has 5 nitrogen and oxygen atoms in total. The van der Waals surface area contributed by atoms with Crippen molar-refractivity contribution in [2.75, 3.05) is 13.1 Å². The number of sulfonamides is 1. The van der Waals surface area contributed by atoms with Crippen molar-refractivity contribution < 1.29 is 8.42 Å². The molecule has 2 rings (SSSR count). The highest BCUT2D eigenvalue weighted by molar-refractivity contribution is 7.89. The Labute approximate surface area is 107 Å². The Kier molecular flexibility index (Phi) is 3.97. The monoisotopic (exact) mass is 265 g/mol. The van der Waals surface area contributed by atoms with E-state index in [9.17, 15) is 8.42 Å². The Balaban J connectivity index is 2.12. The SMILES string of the molecule is N#Cc1ccc(S(=O)(=O)NC2CCNCC2)cc1. The summed E-state index contributed by atoms with van der Waals surface area (Å²) in [5, 5.41) is 11.9. The van der Waals surface area contributed by atoms with Crippen LogP contribution in [0.15, 0.2) is 29.2 Å². The zero-order valence-electron chi connectivity index (χ0n) is 9.89. The van der Waals surface area contributed by atoms with E-state index in [0.29, 0.717) is 5.56 Å². The van der Waals surface area contributed by atoms with Gasteiger partial charge in [-0.2, -0.15) is 5.26 Å². The summed E-state index contributed by atoms with van der Waals surface area (Å²) in [6.07, 6.45) is 1.60. The molecule has 0 aliphatic carbocycles. The molecule has 1 aromatic rings. The number of nitriles is 1. The largest absolute Gasteiger partial charge is 0.317 e. The normalized spacial score (nSPS) is 17.3. The van der Waals surface area contributed by atoms with Crippen LogP contribution in [0.5, 0.6) is 0 Å². The summed E-state index contributed by atoms with van der Waals surface area (Å²) >= 11 is 0. The van der Waals surface area contributed by atoms with Crippen molar-refractivity contribution in [3.05, 3.63) is 29.8 Å². The minimum atomic E-state index is -3.47. The number of nitrogens with one attached hydrogen (secondary N) is 2. The lowest BCUT2D eigenvalue weighted by molar-refractivity contribution is 0.427. The second kappa shape index (κ2) is 5.48. The van der Waals surface area contributed by atoms with E-state index in [1.807, 2.05) is 6.07 Å². The molecule has 1 aliphatic rings. The molecule has 1 heterocycles. The predicted molar refractivity (Wildman–Crippen MR) is 67.4 cm³/mol. The quantitative estimate of drug-likeness (QED) is 0.838. The molecule has 0 spiro atoms. The van der Waals surface area contributed by atoms with Crippen LogP contribution in [-0.2, 0) is 10.0 Å². The standard InChI is InChI=1S/C12H15N3O2S/c13-9-10-1-3-12(4-2-10)18(16,17)15-11-5-7-14-8-6-11/h1-4,11,14-15H,5-8H2. The van der Waals surface area contributed by atoms with Gasteiger partial charge in [0, 0.05) is 6.04 Å². The molecule has 1 aliphatic heterocycles. The fourth-order valence-electron chi connectivity index (χ4n) is 1.94. The third kappa shape index (κ3) is 3.07. The topological polar surface area (TPSA) is 82.0 Å². The van der Waals surface area contributed by atoms with Gasteiger partial charge in [-0.15, -0.1) is 0 Å². The average Bonchev–Trinajstić information content (AvgIpc) is 2.39. The van der Waals surface area contributed by atoms with Crippen LogP contribution in [0.2, 0.25) is 0 Å². The lowest BCUT2D eigenvalue weighted by atomic mass is 10.1. The maximum Gasteiger partial charge on any atom is 0.240 e. The molecule has 0 bridgehead atoms. The summed E-state index contributed by atoms with van der Waals surface area (Å²) < 4.78 is 26.9. The van der Waals surface area contributed by atoms with Crippen LogP contribution in [0.3, 0.4) is 0 Å². The third-order valence-electron chi connectivity index (χ3n) is 2.95. The fraction of sp³-hybridized carbons (Fsp3) is 0.417. The Morgan fingerprint density at radius 1 is 1.22 bits per heavy atom. The predicted octanol–water partition coefficient (Wildman–Crippen LogP) is 0.589. The minimum absolute atomic E-state index is 0.00751. The number of benzene rings is 1. The van der Waals surface area contributed by atoms with Gasteiger partial charge in [-0.1, -0.05) is 0 Å². The lowest BCUT2D eigenvalue weighted by Gasteiger charge is -2.23. The Morgan fingerprint density at radius 3 is 2.39 bits per heavy atom. The van der Waals surface area contributed by atoms with Crippen molar-refractivity contribution in [2.45, 2.75) is 23.8 Å². The summed E-state index contributed by atoms with van der Waals surface area (Å²) in [5.41, 5.74) is 0.454. The maximum atomic E-state index is 12.1. The van der Waals surface area contributed by atoms with E-state index in [0.717, 1.165) is 25.9 Å². The van der Waals surface area contributed by atoms with Gasteiger partial charge in [0.2, 0.25) is 10.0 Å². The molecular formula is C12H15N3O2S. The van der Waals surface area contributed by atoms with E-state index < -0.39 is 10.0 Å². The van der Waals surface area contributed by atoms with Crippen LogP contribution in [-0.4, -0.2) is 27.5 Å². The van der Waals surface area contributed by atoms with Crippen molar-refractivity contribution in [1.82, 2.24) is 10.0 Å². The third-order valence-corrected chi connectivity index (χ3v) is 4.49. The van der Waals surface area contributed by atoms with E-state index in [-0.39, 0.29) is 10.9 Å². The fourth-order valence-corrected chi connectivity index (χ4v) is 3.24. The van der Waals surface area contributed by atoms with E-state index >= 15 is 0 Å². The number of nitrogens with zero attached hydrogens (tertiary/aromatic N) is 1. The second-order valence-corrected chi connectivity index (χ2v) is 6.00. The van der Waals surface area contributed by atoms with Crippen LogP contribution in [0.25, 0.3) is 0 Å². The van der Waals surface area contributed by atoms with Gasteiger partial charge in [-0.25, -0.2) is 13.1 Å². The van der Waals surface area contributed by atoms with Crippen molar-refractivity contribution in [3.63, 3.8) is 0 Å². The molecule has 1 fully saturated rings. The molecule has 18 heavy (non-hydrogen) atoms. The average molecular weight is 265 g/mol. The van der Waals surface area contributed by atoms with Crippen molar-refractivity contribution >= 4 is 10.0 Å². The summed E-state index contributed by atoms with van der Waals surface area (Å²) in [4.78, 5) is 0.208. The molecule has 0 aromatic heterocycles. The van der Waals surface area contributed by atoms with Crippen molar-refractivity contribution in [2.24, 2.45) is 0 Å². The van der Waals surface area contributed by atoms with Gasteiger partial charge in [-0.3, -0.25) is 0 Å². The first-order valence-corrected chi connectivity index (χ1v) is 7.33. The molecule has 2 N–H and O–H groups in total. The van der Waals surface area contributed by atoms with Crippen LogP contribution in [0, 0.1) is 11.3 Å². The van der Waals surface area contributed by atoms with Gasteiger partial charge in [0.15, 0.2) is 0 Å². The smallest absolute Gasteiger partial charge is 0.240 e. The summed E-state index contributed by atoms with van der Waals surface area (Å²) in [5.74, 6) is 0. The van der Waals surface area contributed by atoms with Gasteiger partial charge in [0.25, 0.3) is 0 Å². The van der Waals surface area contributed by atoms with Gasteiger partial charge in [0.05, 0.1) is 16.5 Å². The molecule has 0 radical (unpaired) electrons. The Bertz CT molecular complexity index is 540. The highest BCUT2D eigenvalue weighted by Crippen LogP contribution is 2.13. The van der Waals surface area contributed by atoms with E-state index in [1.165, 1.54) is 24.3 Å². The molecule has 0 atom stereocenters.